The zero-order valence-corrected chi connectivity index (χ0v) is 25.4. The Bertz CT molecular complexity index is 1950. The number of aryl methyl sites for hydroxylation is 1. The summed E-state index contributed by atoms with van der Waals surface area (Å²) in [6.45, 7) is 1.13. The lowest BCUT2D eigenvalue weighted by atomic mass is 10.0. The molecular formula is C34H36FN7O3. The first-order valence-corrected chi connectivity index (χ1v) is 15.3. The van der Waals surface area contributed by atoms with Crippen molar-refractivity contribution in [2.24, 2.45) is 24.4 Å². The predicted octanol–water partition coefficient (Wildman–Crippen LogP) is 4.21. The summed E-state index contributed by atoms with van der Waals surface area (Å²) < 4.78 is 24.3. The molecule has 2 aliphatic rings. The fourth-order valence-corrected chi connectivity index (χ4v) is 6.50. The van der Waals surface area contributed by atoms with E-state index in [4.69, 9.17) is 26.2 Å². The van der Waals surface area contributed by atoms with E-state index in [1.165, 1.54) is 4.90 Å². The lowest BCUT2D eigenvalue weighted by molar-refractivity contribution is -0.117. The van der Waals surface area contributed by atoms with Crippen molar-refractivity contribution in [3.8, 4) is 28.5 Å². The second-order valence-corrected chi connectivity index (χ2v) is 12.4. The highest BCUT2D eigenvalue weighted by Gasteiger charge is 2.30. The summed E-state index contributed by atoms with van der Waals surface area (Å²) >= 11 is 0. The van der Waals surface area contributed by atoms with E-state index in [2.05, 4.69) is 16.7 Å². The summed E-state index contributed by atoms with van der Waals surface area (Å²) in [7, 11) is 3.51. The van der Waals surface area contributed by atoms with Crippen molar-refractivity contribution in [1.82, 2.24) is 24.0 Å². The molecule has 232 valence electrons. The van der Waals surface area contributed by atoms with Crippen molar-refractivity contribution in [3.63, 3.8) is 0 Å². The molecule has 10 nitrogen and oxygen atoms in total. The van der Waals surface area contributed by atoms with Gasteiger partial charge >= 0.3 is 0 Å². The number of primary amides is 1. The van der Waals surface area contributed by atoms with E-state index in [0.717, 1.165) is 64.3 Å². The molecule has 3 aromatic heterocycles. The number of methoxy groups -OCH3 is 1. The van der Waals surface area contributed by atoms with Crippen molar-refractivity contribution in [2.45, 2.75) is 44.4 Å². The summed E-state index contributed by atoms with van der Waals surface area (Å²) in [4.78, 5) is 36.6. The molecule has 45 heavy (non-hydrogen) atoms. The zero-order chi connectivity index (χ0) is 31.4. The predicted molar refractivity (Wildman–Crippen MR) is 170 cm³/mol. The van der Waals surface area contributed by atoms with Crippen molar-refractivity contribution in [3.05, 3.63) is 65.7 Å². The van der Waals surface area contributed by atoms with Crippen LogP contribution < -0.4 is 16.2 Å². The monoisotopic (exact) mass is 609 g/mol. The van der Waals surface area contributed by atoms with Gasteiger partial charge in [0.1, 0.15) is 23.1 Å². The van der Waals surface area contributed by atoms with Gasteiger partial charge in [0.2, 0.25) is 5.91 Å². The quantitative estimate of drug-likeness (QED) is 0.271. The topological polar surface area (TPSA) is 134 Å². The highest BCUT2D eigenvalue weighted by Crippen LogP contribution is 2.38. The molecule has 4 heterocycles. The maximum atomic E-state index is 14.3. The molecule has 1 saturated heterocycles. The molecule has 1 aliphatic heterocycles. The van der Waals surface area contributed by atoms with E-state index < -0.39 is 12.2 Å². The molecule has 0 bridgehead atoms. The van der Waals surface area contributed by atoms with Gasteiger partial charge < -0.3 is 30.2 Å². The highest BCUT2D eigenvalue weighted by atomic mass is 19.1. The minimum absolute atomic E-state index is 0.0199. The van der Waals surface area contributed by atoms with Gasteiger partial charge in [-0.1, -0.05) is 18.2 Å². The van der Waals surface area contributed by atoms with Crippen LogP contribution in [0.2, 0.25) is 0 Å². The molecule has 5 aromatic rings. The summed E-state index contributed by atoms with van der Waals surface area (Å²) in [5.74, 6) is 1.13. The van der Waals surface area contributed by atoms with Gasteiger partial charge in [-0.25, -0.2) is 14.4 Å². The van der Waals surface area contributed by atoms with Gasteiger partial charge in [0, 0.05) is 42.7 Å². The highest BCUT2D eigenvalue weighted by molar-refractivity contribution is 6.00. The smallest absolute Gasteiger partial charge is 0.254 e. The third kappa shape index (κ3) is 5.52. The van der Waals surface area contributed by atoms with Crippen LogP contribution in [0.4, 0.5) is 4.39 Å². The normalized spacial score (nSPS) is 18.5. The van der Waals surface area contributed by atoms with Gasteiger partial charge in [0.25, 0.3) is 5.91 Å². The molecule has 7 rings (SSSR count). The third-order valence-electron chi connectivity index (χ3n) is 8.83. The number of pyridine rings is 1. The van der Waals surface area contributed by atoms with Crippen LogP contribution in [0.25, 0.3) is 44.8 Å². The van der Waals surface area contributed by atoms with Crippen LogP contribution in [-0.2, 0) is 24.8 Å². The van der Waals surface area contributed by atoms with Crippen LogP contribution in [0.1, 0.15) is 35.2 Å². The van der Waals surface area contributed by atoms with Crippen molar-refractivity contribution in [1.29, 1.82) is 0 Å². The number of alkyl halides is 1. The molecule has 2 aromatic carbocycles. The third-order valence-corrected chi connectivity index (χ3v) is 8.83. The van der Waals surface area contributed by atoms with Gasteiger partial charge in [-0.15, -0.1) is 0 Å². The number of benzene rings is 2. The van der Waals surface area contributed by atoms with Crippen molar-refractivity contribution in [2.75, 3.05) is 20.2 Å². The largest absolute Gasteiger partial charge is 0.494 e. The minimum atomic E-state index is -1.15. The summed E-state index contributed by atoms with van der Waals surface area (Å²) in [6, 6.07) is 16.9. The molecule has 0 radical (unpaired) electrons. The van der Waals surface area contributed by atoms with E-state index in [1.807, 2.05) is 41.9 Å². The number of likely N-dealkylation sites (tertiary alicyclic amines) is 1. The van der Waals surface area contributed by atoms with Gasteiger partial charge in [0.05, 0.1) is 37.0 Å². The first kappa shape index (κ1) is 29.0. The maximum Gasteiger partial charge on any atom is 0.254 e. The van der Waals surface area contributed by atoms with Crippen molar-refractivity contribution >= 4 is 33.9 Å². The molecule has 11 heteroatoms. The summed E-state index contributed by atoms with van der Waals surface area (Å²) in [5, 5.41) is 0.986. The molecule has 4 N–H and O–H groups in total. The van der Waals surface area contributed by atoms with E-state index in [9.17, 15) is 14.0 Å². The molecule has 2 fully saturated rings. The first-order chi connectivity index (χ1) is 21.7. The van der Waals surface area contributed by atoms with Gasteiger partial charge in [0.15, 0.2) is 5.82 Å². The van der Waals surface area contributed by atoms with Crippen LogP contribution >= 0.6 is 0 Å². The van der Waals surface area contributed by atoms with E-state index in [-0.39, 0.29) is 31.2 Å². The number of piperidine rings is 1. The second-order valence-electron chi connectivity index (χ2n) is 12.4. The van der Waals surface area contributed by atoms with Crippen LogP contribution in [0, 0.1) is 5.92 Å². The number of aromatic nitrogens is 4. The molecule has 1 saturated carbocycles. The average Bonchev–Trinajstić information content (AvgIpc) is 3.68. The van der Waals surface area contributed by atoms with E-state index in [0.29, 0.717) is 29.3 Å². The van der Waals surface area contributed by atoms with Gasteiger partial charge in [-0.05, 0) is 67.1 Å². The maximum absolute atomic E-state index is 14.3. The Morgan fingerprint density at radius 2 is 1.89 bits per heavy atom. The molecule has 2 amide bonds. The molecular weight excluding hydrogens is 573 g/mol. The molecule has 1 aliphatic carbocycles. The standard InChI is InChI=1S/C34H36FN7O3/c1-40-31-27(12-23(14-29(31)45-2)34(44)41-17-24(35)15-25(36)18-41)39-33(40)28-13-22-8-9-26(38-32(22)42(28)16-19-6-7-19)21-5-3-4-20(10-21)11-30(37)43/h3-5,8-10,12-14,19,24-25H,6-7,11,15-18,36H2,1-2H3,(H2,37,43)/t24-,25-/m1/s1. The number of nitrogens with two attached hydrogens (primary N) is 2. The molecule has 0 unspecified atom stereocenters. The Morgan fingerprint density at radius 1 is 1.07 bits per heavy atom. The number of carbonyl (C=O) groups is 2. The van der Waals surface area contributed by atoms with E-state index >= 15 is 0 Å². The lowest BCUT2D eigenvalue weighted by Gasteiger charge is -2.33. The number of carbonyl (C=O) groups excluding carboxylic acids is 2. The Morgan fingerprint density at radius 3 is 2.62 bits per heavy atom. The number of amides is 2. The summed E-state index contributed by atoms with van der Waals surface area (Å²) in [6.07, 6.45) is 1.60. The lowest BCUT2D eigenvalue weighted by Crippen LogP contribution is -2.50. The fraction of sp³-hybridized carbons (Fsp3) is 0.353. The zero-order valence-electron chi connectivity index (χ0n) is 25.4. The number of imidazole rings is 1. The number of ether oxygens (including phenoxy) is 1. The number of hydrogen-bond donors (Lipinski definition) is 2. The van der Waals surface area contributed by atoms with Gasteiger partial charge in [-0.3, -0.25) is 9.59 Å². The van der Waals surface area contributed by atoms with Crippen LogP contribution in [-0.4, -0.2) is 68.2 Å². The Kier molecular flexibility index (Phi) is 7.27. The Labute approximate surface area is 259 Å². The number of fused-ring (bicyclic) bond motifs is 2. The number of halogens is 1. The average molecular weight is 610 g/mol. The first-order valence-electron chi connectivity index (χ1n) is 15.3. The Balaban J connectivity index is 1.32. The van der Waals surface area contributed by atoms with Crippen LogP contribution in [0.5, 0.6) is 5.75 Å². The summed E-state index contributed by atoms with van der Waals surface area (Å²) in [5.41, 5.74) is 17.5. The van der Waals surface area contributed by atoms with E-state index in [1.54, 1.807) is 19.2 Å². The SMILES string of the molecule is COc1cc(C(=O)N2C[C@H](N)C[C@@H](F)C2)cc2nc(-c3cc4ccc(-c5cccc(CC(N)=O)c5)nc4n3CC3CC3)n(C)c12. The second kappa shape index (κ2) is 11.3. The minimum Gasteiger partial charge on any atom is -0.494 e. The van der Waals surface area contributed by atoms with Crippen LogP contribution in [0.3, 0.4) is 0 Å². The van der Waals surface area contributed by atoms with Crippen molar-refractivity contribution < 1.29 is 18.7 Å². The fourth-order valence-electron chi connectivity index (χ4n) is 6.50. The number of nitrogens with zero attached hydrogens (tertiary/aromatic N) is 5. The molecule has 0 spiro atoms. The Hall–Kier alpha value is -4.77. The number of rotatable bonds is 8. The molecule has 2 atom stereocenters. The van der Waals surface area contributed by atoms with Gasteiger partial charge in [-0.2, -0.15) is 0 Å². The number of hydrogen-bond acceptors (Lipinski definition) is 6. The van der Waals surface area contributed by atoms with Crippen LogP contribution in [0.15, 0.2) is 54.6 Å².